The van der Waals surface area contributed by atoms with Gasteiger partial charge in [-0.2, -0.15) is 0 Å². The summed E-state index contributed by atoms with van der Waals surface area (Å²) in [6.07, 6.45) is 0. The topological polar surface area (TPSA) is 104 Å². The standard InChI is InChI=1S/C23H20ClN3O4/c1-23(2,22(29)30)27-21(28)16-9-7-13-5-3-4-6-15(13)20(16)31-12-19-25-17-10-8-14(24)11-18(17)26-19/h3-11H,12H2,1-2H3,(H,25,26)(H,27,28)(H,29,30). The van der Waals surface area contributed by atoms with Crippen LogP contribution in [0.15, 0.2) is 54.6 Å². The van der Waals surface area contributed by atoms with Crippen LogP contribution in [0.2, 0.25) is 5.02 Å². The van der Waals surface area contributed by atoms with E-state index in [2.05, 4.69) is 15.3 Å². The number of fused-ring (bicyclic) bond motifs is 2. The van der Waals surface area contributed by atoms with Crippen molar-refractivity contribution in [1.82, 2.24) is 15.3 Å². The molecule has 1 aromatic heterocycles. The molecule has 0 saturated carbocycles. The van der Waals surface area contributed by atoms with Gasteiger partial charge in [0.05, 0.1) is 16.6 Å². The van der Waals surface area contributed by atoms with Gasteiger partial charge in [0.25, 0.3) is 5.91 Å². The molecule has 0 unspecified atom stereocenters. The van der Waals surface area contributed by atoms with Crippen molar-refractivity contribution in [2.24, 2.45) is 0 Å². The third kappa shape index (κ3) is 4.18. The minimum absolute atomic E-state index is 0.0862. The molecule has 1 amide bonds. The Morgan fingerprint density at radius 2 is 1.94 bits per heavy atom. The number of nitrogens with zero attached hydrogens (tertiary/aromatic N) is 1. The van der Waals surface area contributed by atoms with Crippen LogP contribution in [0, 0.1) is 0 Å². The molecule has 0 radical (unpaired) electrons. The van der Waals surface area contributed by atoms with Gasteiger partial charge < -0.3 is 20.1 Å². The number of halogens is 1. The van der Waals surface area contributed by atoms with Crippen LogP contribution in [0.1, 0.15) is 30.0 Å². The molecule has 0 aliphatic rings. The fourth-order valence-corrected chi connectivity index (χ4v) is 3.39. The molecule has 4 rings (SSSR count). The lowest BCUT2D eigenvalue weighted by Gasteiger charge is -2.22. The number of aromatic nitrogens is 2. The minimum atomic E-state index is -1.43. The van der Waals surface area contributed by atoms with Crippen molar-refractivity contribution in [3.8, 4) is 5.75 Å². The molecule has 0 aliphatic heterocycles. The molecule has 3 N–H and O–H groups in total. The Morgan fingerprint density at radius 1 is 1.16 bits per heavy atom. The fraction of sp³-hybridized carbons (Fsp3) is 0.174. The number of aliphatic carboxylic acids is 1. The van der Waals surface area contributed by atoms with Crippen molar-refractivity contribution in [3.05, 3.63) is 71.0 Å². The maximum atomic E-state index is 12.9. The largest absolute Gasteiger partial charge is 0.484 e. The zero-order chi connectivity index (χ0) is 22.2. The van der Waals surface area contributed by atoms with Gasteiger partial charge in [0.1, 0.15) is 23.7 Å². The van der Waals surface area contributed by atoms with Gasteiger partial charge in [-0.25, -0.2) is 9.78 Å². The number of nitrogens with one attached hydrogen (secondary N) is 2. The van der Waals surface area contributed by atoms with E-state index in [4.69, 9.17) is 16.3 Å². The molecular formula is C23H20ClN3O4. The number of H-pyrrole nitrogens is 1. The first-order chi connectivity index (χ1) is 14.7. The summed E-state index contributed by atoms with van der Waals surface area (Å²) in [6, 6.07) is 16.3. The van der Waals surface area contributed by atoms with E-state index in [0.29, 0.717) is 22.1 Å². The summed E-state index contributed by atoms with van der Waals surface area (Å²) in [4.78, 5) is 32.0. The Labute approximate surface area is 183 Å². The average Bonchev–Trinajstić information content (AvgIpc) is 3.13. The number of hydrogen-bond acceptors (Lipinski definition) is 4. The number of ether oxygens (including phenoxy) is 1. The normalized spacial score (nSPS) is 11.6. The second kappa shape index (κ2) is 7.92. The first kappa shape index (κ1) is 20.7. The molecule has 31 heavy (non-hydrogen) atoms. The van der Waals surface area contributed by atoms with E-state index >= 15 is 0 Å². The van der Waals surface area contributed by atoms with E-state index in [9.17, 15) is 14.7 Å². The van der Waals surface area contributed by atoms with Gasteiger partial charge in [-0.05, 0) is 43.5 Å². The highest BCUT2D eigenvalue weighted by molar-refractivity contribution is 6.31. The second-order valence-electron chi connectivity index (χ2n) is 7.68. The molecule has 0 atom stereocenters. The number of aromatic amines is 1. The van der Waals surface area contributed by atoms with Crippen LogP contribution in [0.3, 0.4) is 0 Å². The molecule has 158 valence electrons. The zero-order valence-electron chi connectivity index (χ0n) is 16.9. The van der Waals surface area contributed by atoms with E-state index in [-0.39, 0.29) is 12.2 Å². The summed E-state index contributed by atoms with van der Waals surface area (Å²) in [5.74, 6) is -0.743. The van der Waals surface area contributed by atoms with E-state index < -0.39 is 17.4 Å². The summed E-state index contributed by atoms with van der Waals surface area (Å²) in [6.45, 7) is 2.94. The van der Waals surface area contributed by atoms with Crippen molar-refractivity contribution in [2.75, 3.05) is 0 Å². The maximum Gasteiger partial charge on any atom is 0.328 e. The summed E-state index contributed by atoms with van der Waals surface area (Å²) in [7, 11) is 0. The lowest BCUT2D eigenvalue weighted by molar-refractivity contribution is -0.143. The quantitative estimate of drug-likeness (QED) is 0.410. The highest BCUT2D eigenvalue weighted by Crippen LogP contribution is 2.31. The van der Waals surface area contributed by atoms with Gasteiger partial charge in [-0.1, -0.05) is 41.9 Å². The third-order valence-corrected chi connectivity index (χ3v) is 5.17. The lowest BCUT2D eigenvalue weighted by Crippen LogP contribution is -2.49. The first-order valence-corrected chi connectivity index (χ1v) is 9.97. The van der Waals surface area contributed by atoms with Gasteiger partial charge in [0.2, 0.25) is 0 Å². The number of amides is 1. The molecule has 0 spiro atoms. The zero-order valence-corrected chi connectivity index (χ0v) is 17.7. The van der Waals surface area contributed by atoms with Crippen LogP contribution in [-0.2, 0) is 11.4 Å². The van der Waals surface area contributed by atoms with Gasteiger partial charge in [0, 0.05) is 10.4 Å². The highest BCUT2D eigenvalue weighted by atomic mass is 35.5. The average molecular weight is 438 g/mol. The van der Waals surface area contributed by atoms with Crippen LogP contribution in [0.25, 0.3) is 21.8 Å². The summed E-state index contributed by atoms with van der Waals surface area (Å²) in [5, 5.41) is 14.1. The predicted octanol–water partition coefficient (Wildman–Crippen LogP) is 4.54. The molecule has 1 heterocycles. The molecule has 0 aliphatic carbocycles. The maximum absolute atomic E-state index is 12.9. The van der Waals surface area contributed by atoms with Crippen molar-refractivity contribution < 1.29 is 19.4 Å². The van der Waals surface area contributed by atoms with E-state index in [1.807, 2.05) is 30.3 Å². The smallest absolute Gasteiger partial charge is 0.328 e. The molecule has 7 nitrogen and oxygen atoms in total. The molecular weight excluding hydrogens is 418 g/mol. The Hall–Kier alpha value is -3.58. The summed E-state index contributed by atoms with van der Waals surface area (Å²) < 4.78 is 6.06. The number of carbonyl (C=O) groups excluding carboxylic acids is 1. The van der Waals surface area contributed by atoms with Crippen molar-refractivity contribution >= 4 is 45.3 Å². The number of imidazole rings is 1. The third-order valence-electron chi connectivity index (χ3n) is 4.93. The molecule has 0 fully saturated rings. The molecule has 8 heteroatoms. The summed E-state index contributed by atoms with van der Waals surface area (Å²) >= 11 is 6.03. The molecule has 4 aromatic rings. The Kier molecular flexibility index (Phi) is 5.29. The molecule has 3 aromatic carbocycles. The van der Waals surface area contributed by atoms with Crippen molar-refractivity contribution in [3.63, 3.8) is 0 Å². The number of benzene rings is 3. The predicted molar refractivity (Wildman–Crippen MR) is 119 cm³/mol. The first-order valence-electron chi connectivity index (χ1n) is 9.59. The van der Waals surface area contributed by atoms with Crippen molar-refractivity contribution in [1.29, 1.82) is 0 Å². The Morgan fingerprint density at radius 3 is 2.71 bits per heavy atom. The van der Waals surface area contributed by atoms with Gasteiger partial charge >= 0.3 is 5.97 Å². The van der Waals surface area contributed by atoms with E-state index in [1.54, 1.807) is 24.3 Å². The van der Waals surface area contributed by atoms with Crippen LogP contribution in [0.5, 0.6) is 5.75 Å². The SMILES string of the molecule is CC(C)(NC(=O)c1ccc2ccccc2c1OCc1nc2cc(Cl)ccc2[nH]1)C(=O)O. The van der Waals surface area contributed by atoms with Crippen LogP contribution in [0.4, 0.5) is 0 Å². The number of hydrogen-bond donors (Lipinski definition) is 3. The minimum Gasteiger partial charge on any atom is -0.484 e. The highest BCUT2D eigenvalue weighted by Gasteiger charge is 2.30. The van der Waals surface area contributed by atoms with E-state index in [0.717, 1.165) is 16.3 Å². The van der Waals surface area contributed by atoms with Gasteiger partial charge in [-0.3, -0.25) is 4.79 Å². The molecule has 0 saturated heterocycles. The van der Waals surface area contributed by atoms with Crippen molar-refractivity contribution in [2.45, 2.75) is 26.0 Å². The van der Waals surface area contributed by atoms with Gasteiger partial charge in [-0.15, -0.1) is 0 Å². The lowest BCUT2D eigenvalue weighted by atomic mass is 10.0. The van der Waals surface area contributed by atoms with Gasteiger partial charge in [0.15, 0.2) is 0 Å². The number of carbonyl (C=O) groups is 2. The number of carboxylic acids is 1. The number of carboxylic acid groups (broad SMARTS) is 1. The van der Waals surface area contributed by atoms with Crippen LogP contribution in [-0.4, -0.2) is 32.5 Å². The Balaban J connectivity index is 1.69. The van der Waals surface area contributed by atoms with E-state index in [1.165, 1.54) is 13.8 Å². The monoisotopic (exact) mass is 437 g/mol. The molecule has 0 bridgehead atoms. The number of rotatable bonds is 6. The fourth-order valence-electron chi connectivity index (χ4n) is 3.22. The van der Waals surface area contributed by atoms with Crippen LogP contribution >= 0.6 is 11.6 Å². The summed E-state index contributed by atoms with van der Waals surface area (Å²) in [5.41, 5.74) is 0.345. The Bertz CT molecular complexity index is 1310. The van der Waals surface area contributed by atoms with Crippen LogP contribution < -0.4 is 10.1 Å². The second-order valence-corrected chi connectivity index (χ2v) is 8.12.